The van der Waals surface area contributed by atoms with Gasteiger partial charge in [-0.2, -0.15) is 5.10 Å². The molecule has 6 heteroatoms. The van der Waals surface area contributed by atoms with Crippen molar-refractivity contribution in [3.63, 3.8) is 0 Å². The van der Waals surface area contributed by atoms with E-state index in [0.717, 1.165) is 39.0 Å². The highest BCUT2D eigenvalue weighted by Gasteiger charge is 2.24. The molecule has 108 valence electrons. The molecule has 0 saturated carbocycles. The Bertz CT molecular complexity index is 426. The molecule has 0 spiro atoms. The van der Waals surface area contributed by atoms with Gasteiger partial charge in [-0.25, -0.2) is 0 Å². The number of halogens is 1. The van der Waals surface area contributed by atoms with Crippen molar-refractivity contribution in [2.45, 2.75) is 39.8 Å². The molecule has 1 aromatic heterocycles. The summed E-state index contributed by atoms with van der Waals surface area (Å²) in [5.74, 6) is -0.801. The van der Waals surface area contributed by atoms with Gasteiger partial charge in [0, 0.05) is 24.3 Å². The molecule has 1 N–H and O–H groups in total. The largest absolute Gasteiger partial charge is 0.481 e. The Morgan fingerprint density at radius 3 is 2.58 bits per heavy atom. The van der Waals surface area contributed by atoms with Gasteiger partial charge in [0.25, 0.3) is 0 Å². The Labute approximate surface area is 120 Å². The first-order chi connectivity index (χ1) is 8.61. The van der Waals surface area contributed by atoms with Crippen LogP contribution in [0.25, 0.3) is 0 Å². The summed E-state index contributed by atoms with van der Waals surface area (Å²) in [4.78, 5) is 13.2. The van der Waals surface area contributed by atoms with Gasteiger partial charge < -0.3 is 5.11 Å². The van der Waals surface area contributed by atoms with E-state index >= 15 is 0 Å². The van der Waals surface area contributed by atoms with Crippen LogP contribution < -0.4 is 0 Å². The summed E-state index contributed by atoms with van der Waals surface area (Å²) >= 11 is 0. The van der Waals surface area contributed by atoms with Crippen LogP contribution in [0.15, 0.2) is 6.20 Å². The zero-order valence-corrected chi connectivity index (χ0v) is 12.3. The number of aromatic nitrogens is 2. The van der Waals surface area contributed by atoms with E-state index in [2.05, 4.69) is 23.8 Å². The zero-order chi connectivity index (χ0) is 13.1. The number of rotatable bonds is 4. The van der Waals surface area contributed by atoms with Gasteiger partial charge in [-0.1, -0.05) is 0 Å². The predicted octanol–water partition coefficient (Wildman–Crippen LogP) is 1.93. The van der Waals surface area contributed by atoms with E-state index in [1.165, 1.54) is 11.3 Å². The van der Waals surface area contributed by atoms with Crippen molar-refractivity contribution in [1.29, 1.82) is 0 Å². The highest BCUT2D eigenvalue weighted by molar-refractivity contribution is 5.85. The molecule has 5 nitrogen and oxygen atoms in total. The van der Waals surface area contributed by atoms with Crippen molar-refractivity contribution < 1.29 is 9.90 Å². The monoisotopic (exact) mass is 287 g/mol. The van der Waals surface area contributed by atoms with E-state index in [1.54, 1.807) is 0 Å². The molecule has 0 amide bonds. The van der Waals surface area contributed by atoms with Crippen molar-refractivity contribution >= 4 is 18.4 Å². The summed E-state index contributed by atoms with van der Waals surface area (Å²) in [6, 6.07) is 0. The molecule has 0 radical (unpaired) electrons. The van der Waals surface area contributed by atoms with Gasteiger partial charge >= 0.3 is 5.97 Å². The molecule has 0 atom stereocenters. The van der Waals surface area contributed by atoms with E-state index in [9.17, 15) is 4.79 Å². The van der Waals surface area contributed by atoms with E-state index in [4.69, 9.17) is 5.11 Å². The lowest BCUT2D eigenvalue weighted by atomic mass is 9.97. The van der Waals surface area contributed by atoms with Crippen molar-refractivity contribution in [3.8, 4) is 0 Å². The molecule has 0 unspecified atom stereocenters. The third-order valence-electron chi connectivity index (χ3n) is 3.84. The lowest BCUT2D eigenvalue weighted by Crippen LogP contribution is -2.35. The van der Waals surface area contributed by atoms with E-state index in [0.29, 0.717) is 0 Å². The quantitative estimate of drug-likeness (QED) is 0.919. The van der Waals surface area contributed by atoms with Crippen LogP contribution in [0.1, 0.15) is 31.0 Å². The van der Waals surface area contributed by atoms with Crippen LogP contribution in [-0.4, -0.2) is 38.8 Å². The second-order valence-corrected chi connectivity index (χ2v) is 4.96. The number of carbonyl (C=O) groups is 1. The molecule has 19 heavy (non-hydrogen) atoms. The second kappa shape index (κ2) is 6.91. The van der Waals surface area contributed by atoms with Crippen molar-refractivity contribution in [2.75, 3.05) is 13.1 Å². The molecule has 1 aliphatic heterocycles. The zero-order valence-electron chi connectivity index (χ0n) is 11.5. The number of carboxylic acid groups (broad SMARTS) is 1. The molecule has 2 heterocycles. The van der Waals surface area contributed by atoms with Gasteiger partial charge in [0.05, 0.1) is 12.1 Å². The molecule has 1 saturated heterocycles. The first-order valence-corrected chi connectivity index (χ1v) is 6.58. The number of hydrogen-bond donors (Lipinski definition) is 1. The fraction of sp³-hybridized carbons (Fsp3) is 0.692. The molecule has 1 aromatic rings. The predicted molar refractivity (Wildman–Crippen MR) is 75.5 cm³/mol. The molecule has 2 rings (SSSR count). The summed E-state index contributed by atoms with van der Waals surface area (Å²) in [5, 5.41) is 13.3. The van der Waals surface area contributed by atoms with Crippen LogP contribution in [0.5, 0.6) is 0 Å². The van der Waals surface area contributed by atoms with E-state index < -0.39 is 5.97 Å². The summed E-state index contributed by atoms with van der Waals surface area (Å²) in [7, 11) is 0. The van der Waals surface area contributed by atoms with E-state index in [-0.39, 0.29) is 18.3 Å². The average molecular weight is 288 g/mol. The topological polar surface area (TPSA) is 58.4 Å². The lowest BCUT2D eigenvalue weighted by molar-refractivity contribution is -0.143. The number of aliphatic carboxylic acids is 1. The highest BCUT2D eigenvalue weighted by atomic mass is 35.5. The summed E-state index contributed by atoms with van der Waals surface area (Å²) in [6.07, 6.45) is 3.45. The normalized spacial score (nSPS) is 17.2. The Hall–Kier alpha value is -1.07. The third-order valence-corrected chi connectivity index (χ3v) is 3.84. The van der Waals surface area contributed by atoms with E-state index in [1.807, 2.05) is 10.9 Å². The molecule has 0 bridgehead atoms. The smallest absolute Gasteiger partial charge is 0.306 e. The number of nitrogens with zero attached hydrogens (tertiary/aromatic N) is 3. The number of carboxylic acids is 1. The molecule has 0 aliphatic carbocycles. The number of piperidine rings is 1. The number of hydrogen-bond acceptors (Lipinski definition) is 3. The van der Waals surface area contributed by atoms with Gasteiger partial charge in [0.1, 0.15) is 0 Å². The summed E-state index contributed by atoms with van der Waals surface area (Å²) in [5.41, 5.74) is 2.48. The lowest BCUT2D eigenvalue weighted by Gasteiger charge is -2.29. The minimum Gasteiger partial charge on any atom is -0.481 e. The van der Waals surface area contributed by atoms with Crippen molar-refractivity contribution in [1.82, 2.24) is 14.7 Å². The fourth-order valence-electron chi connectivity index (χ4n) is 2.54. The Kier molecular flexibility index (Phi) is 5.82. The number of aryl methyl sites for hydroxylation is 1. The Balaban J connectivity index is 0.00000180. The fourth-order valence-corrected chi connectivity index (χ4v) is 2.54. The maximum absolute atomic E-state index is 10.9. The van der Waals surface area contributed by atoms with Gasteiger partial charge in [0.2, 0.25) is 0 Å². The molecular formula is C13H22ClN3O2. The van der Waals surface area contributed by atoms with Gasteiger partial charge in [-0.3, -0.25) is 14.4 Å². The minimum atomic E-state index is -0.648. The minimum absolute atomic E-state index is 0. The average Bonchev–Trinajstić information content (AvgIpc) is 2.71. The molecule has 0 aromatic carbocycles. The van der Waals surface area contributed by atoms with Crippen molar-refractivity contribution in [2.24, 2.45) is 5.92 Å². The maximum Gasteiger partial charge on any atom is 0.306 e. The van der Waals surface area contributed by atoms with Crippen LogP contribution in [-0.2, 0) is 17.9 Å². The highest BCUT2D eigenvalue weighted by Crippen LogP contribution is 2.20. The molecule has 1 fully saturated rings. The Morgan fingerprint density at radius 1 is 1.47 bits per heavy atom. The second-order valence-electron chi connectivity index (χ2n) is 4.96. The van der Waals surface area contributed by atoms with Crippen molar-refractivity contribution in [3.05, 3.63) is 17.5 Å². The maximum atomic E-state index is 10.9. The van der Waals surface area contributed by atoms with Crippen LogP contribution >= 0.6 is 12.4 Å². The first-order valence-electron chi connectivity index (χ1n) is 6.58. The standard InChI is InChI=1S/C13H21N3O2.ClH/c1-3-16-10(2)12(8-14-16)9-15-6-4-11(5-7-15)13(17)18;/h8,11H,3-7,9H2,1-2H3,(H,17,18);1H. The Morgan fingerprint density at radius 2 is 2.11 bits per heavy atom. The van der Waals surface area contributed by atoms with Crippen LogP contribution in [0.3, 0.4) is 0 Å². The van der Waals surface area contributed by atoms with Crippen LogP contribution in [0.4, 0.5) is 0 Å². The molecule has 1 aliphatic rings. The number of likely N-dealkylation sites (tertiary alicyclic amines) is 1. The van der Waals surface area contributed by atoms with Gasteiger partial charge in [-0.05, 0) is 39.8 Å². The first kappa shape index (κ1) is 16.0. The molecular weight excluding hydrogens is 266 g/mol. The SMILES string of the molecule is CCn1ncc(CN2CCC(C(=O)O)CC2)c1C.Cl. The van der Waals surface area contributed by atoms with Gasteiger partial charge in [0.15, 0.2) is 0 Å². The van der Waals surface area contributed by atoms with Crippen LogP contribution in [0.2, 0.25) is 0 Å². The summed E-state index contributed by atoms with van der Waals surface area (Å²) in [6.45, 7) is 7.70. The summed E-state index contributed by atoms with van der Waals surface area (Å²) < 4.78 is 2.00. The van der Waals surface area contributed by atoms with Crippen LogP contribution in [0, 0.1) is 12.8 Å². The third kappa shape index (κ3) is 3.70. The van der Waals surface area contributed by atoms with Gasteiger partial charge in [-0.15, -0.1) is 12.4 Å².